The van der Waals surface area contributed by atoms with Gasteiger partial charge in [0.05, 0.1) is 4.90 Å². The van der Waals surface area contributed by atoms with E-state index in [4.69, 9.17) is 4.74 Å². The molecule has 1 heterocycles. The lowest BCUT2D eigenvalue weighted by Gasteiger charge is -2.16. The molecule has 2 aromatic rings. The average Bonchev–Trinajstić information content (AvgIpc) is 3.04. The summed E-state index contributed by atoms with van der Waals surface area (Å²) in [6.45, 7) is 5.06. The number of carbonyl (C=O) groups is 1. The molecule has 1 saturated heterocycles. The van der Waals surface area contributed by atoms with Crippen LogP contribution < -0.4 is 14.4 Å². The maximum absolute atomic E-state index is 12.4. The van der Waals surface area contributed by atoms with E-state index in [0.29, 0.717) is 13.0 Å². The Morgan fingerprint density at radius 2 is 1.74 bits per heavy atom. The zero-order valence-corrected chi connectivity index (χ0v) is 16.4. The monoisotopic (exact) mass is 388 g/mol. The molecule has 7 heteroatoms. The molecule has 1 aliphatic rings. The van der Waals surface area contributed by atoms with Crippen molar-refractivity contribution in [2.75, 3.05) is 24.6 Å². The van der Waals surface area contributed by atoms with Crippen molar-refractivity contribution >= 4 is 21.6 Å². The standard InChI is InChI=1S/C20H24N2O4S/c1-15-12-16(2)14-18(13-15)26-11-9-21-27(24,25)19-7-5-17(6-8-19)22-10-3-4-20(22)23/h5-8,12-14,21H,3-4,9-11H2,1-2H3. The van der Waals surface area contributed by atoms with Crippen molar-refractivity contribution < 1.29 is 17.9 Å². The van der Waals surface area contributed by atoms with E-state index in [1.54, 1.807) is 17.0 Å². The van der Waals surface area contributed by atoms with Gasteiger partial charge in [0.25, 0.3) is 0 Å². The average molecular weight is 388 g/mol. The van der Waals surface area contributed by atoms with Gasteiger partial charge in [0.1, 0.15) is 12.4 Å². The highest BCUT2D eigenvalue weighted by Gasteiger charge is 2.22. The van der Waals surface area contributed by atoms with Crippen LogP contribution >= 0.6 is 0 Å². The first-order valence-electron chi connectivity index (χ1n) is 8.96. The molecule has 0 radical (unpaired) electrons. The molecular formula is C20H24N2O4S. The highest BCUT2D eigenvalue weighted by Crippen LogP contribution is 2.23. The van der Waals surface area contributed by atoms with Crippen LogP contribution in [-0.4, -0.2) is 34.0 Å². The molecule has 0 unspecified atom stereocenters. The van der Waals surface area contributed by atoms with E-state index >= 15 is 0 Å². The Morgan fingerprint density at radius 1 is 1.07 bits per heavy atom. The maximum atomic E-state index is 12.4. The van der Waals surface area contributed by atoms with Crippen LogP contribution in [0.2, 0.25) is 0 Å². The first-order chi connectivity index (χ1) is 12.8. The van der Waals surface area contributed by atoms with Gasteiger partial charge in [-0.1, -0.05) is 6.07 Å². The third-order valence-corrected chi connectivity index (χ3v) is 5.87. The number of nitrogens with zero attached hydrogens (tertiary/aromatic N) is 1. The van der Waals surface area contributed by atoms with Gasteiger partial charge < -0.3 is 9.64 Å². The summed E-state index contributed by atoms with van der Waals surface area (Å²) < 4.78 is 33.0. The van der Waals surface area contributed by atoms with Crippen LogP contribution in [0.3, 0.4) is 0 Å². The number of amides is 1. The number of benzene rings is 2. The molecule has 0 aliphatic carbocycles. The van der Waals surface area contributed by atoms with Crippen molar-refractivity contribution in [1.82, 2.24) is 4.72 Å². The largest absolute Gasteiger partial charge is 0.492 e. The molecule has 0 bridgehead atoms. The Hall–Kier alpha value is -2.38. The van der Waals surface area contributed by atoms with E-state index in [0.717, 1.165) is 29.0 Å². The number of hydrogen-bond acceptors (Lipinski definition) is 4. The summed E-state index contributed by atoms with van der Waals surface area (Å²) >= 11 is 0. The molecule has 6 nitrogen and oxygen atoms in total. The minimum atomic E-state index is -3.62. The molecule has 0 saturated carbocycles. The molecule has 0 spiro atoms. The van der Waals surface area contributed by atoms with Crippen molar-refractivity contribution in [2.45, 2.75) is 31.6 Å². The molecule has 1 fully saturated rings. The number of carbonyl (C=O) groups excluding carboxylic acids is 1. The Morgan fingerprint density at radius 3 is 2.33 bits per heavy atom. The lowest BCUT2D eigenvalue weighted by molar-refractivity contribution is -0.117. The van der Waals surface area contributed by atoms with Gasteiger partial charge >= 0.3 is 0 Å². The predicted octanol–water partition coefficient (Wildman–Crippen LogP) is 2.79. The second-order valence-electron chi connectivity index (χ2n) is 6.71. The van der Waals surface area contributed by atoms with Crippen LogP contribution in [0.15, 0.2) is 47.4 Å². The smallest absolute Gasteiger partial charge is 0.240 e. The van der Waals surface area contributed by atoms with Gasteiger partial charge in [-0.3, -0.25) is 4.79 Å². The molecular weight excluding hydrogens is 364 g/mol. The number of rotatable bonds is 7. The summed E-state index contributed by atoms with van der Waals surface area (Å²) in [6, 6.07) is 12.3. The molecule has 3 rings (SSSR count). The first kappa shape index (κ1) is 19.4. The number of hydrogen-bond donors (Lipinski definition) is 1. The van der Waals surface area contributed by atoms with E-state index in [1.807, 2.05) is 26.0 Å². The summed E-state index contributed by atoms with van der Waals surface area (Å²) in [5.41, 5.74) is 2.93. The van der Waals surface area contributed by atoms with Crippen molar-refractivity contribution in [3.05, 3.63) is 53.6 Å². The summed E-state index contributed by atoms with van der Waals surface area (Å²) in [6.07, 6.45) is 1.38. The quantitative estimate of drug-likeness (QED) is 0.740. The normalized spacial score (nSPS) is 14.6. The lowest BCUT2D eigenvalue weighted by atomic mass is 10.1. The lowest BCUT2D eigenvalue weighted by Crippen LogP contribution is -2.28. The minimum absolute atomic E-state index is 0.0762. The van der Waals surface area contributed by atoms with E-state index in [9.17, 15) is 13.2 Å². The van der Waals surface area contributed by atoms with Gasteiger partial charge in [-0.25, -0.2) is 13.1 Å². The number of aryl methyl sites for hydroxylation is 2. The number of nitrogens with one attached hydrogen (secondary N) is 1. The van der Waals surface area contributed by atoms with Gasteiger partial charge in [0.15, 0.2) is 0 Å². The molecule has 1 amide bonds. The van der Waals surface area contributed by atoms with Crippen LogP contribution in [0, 0.1) is 13.8 Å². The van der Waals surface area contributed by atoms with Crippen molar-refractivity contribution in [1.29, 1.82) is 0 Å². The number of ether oxygens (including phenoxy) is 1. The Balaban J connectivity index is 1.55. The fourth-order valence-corrected chi connectivity index (χ4v) is 4.18. The van der Waals surface area contributed by atoms with Gasteiger partial charge in [-0.05, 0) is 67.8 Å². The van der Waals surface area contributed by atoms with E-state index in [2.05, 4.69) is 10.8 Å². The molecule has 0 atom stereocenters. The summed E-state index contributed by atoms with van der Waals surface area (Å²) in [7, 11) is -3.62. The zero-order valence-electron chi connectivity index (χ0n) is 15.6. The van der Waals surface area contributed by atoms with E-state index in [-0.39, 0.29) is 24.0 Å². The highest BCUT2D eigenvalue weighted by molar-refractivity contribution is 7.89. The van der Waals surface area contributed by atoms with Gasteiger partial charge in [0, 0.05) is 25.2 Å². The second-order valence-corrected chi connectivity index (χ2v) is 8.48. The molecule has 144 valence electrons. The maximum Gasteiger partial charge on any atom is 0.240 e. The van der Waals surface area contributed by atoms with Gasteiger partial charge in [0.2, 0.25) is 15.9 Å². The minimum Gasteiger partial charge on any atom is -0.492 e. The van der Waals surface area contributed by atoms with Crippen LogP contribution in [0.5, 0.6) is 5.75 Å². The molecule has 27 heavy (non-hydrogen) atoms. The summed E-state index contributed by atoms with van der Waals surface area (Å²) in [5.74, 6) is 0.804. The van der Waals surface area contributed by atoms with Crippen LogP contribution in [0.4, 0.5) is 5.69 Å². The van der Waals surface area contributed by atoms with Gasteiger partial charge in [-0.15, -0.1) is 0 Å². The van der Waals surface area contributed by atoms with Crippen LogP contribution in [0.25, 0.3) is 0 Å². The Labute approximate surface area is 160 Å². The van der Waals surface area contributed by atoms with Crippen molar-refractivity contribution in [3.63, 3.8) is 0 Å². The Kier molecular flexibility index (Phi) is 5.82. The fourth-order valence-electron chi connectivity index (χ4n) is 3.17. The van der Waals surface area contributed by atoms with Gasteiger partial charge in [-0.2, -0.15) is 0 Å². The Bertz CT molecular complexity index is 903. The van der Waals surface area contributed by atoms with Crippen molar-refractivity contribution in [3.8, 4) is 5.75 Å². The fraction of sp³-hybridized carbons (Fsp3) is 0.350. The SMILES string of the molecule is Cc1cc(C)cc(OCCNS(=O)(=O)c2ccc(N3CCCC3=O)cc2)c1. The molecule has 2 aromatic carbocycles. The molecule has 0 aromatic heterocycles. The zero-order chi connectivity index (χ0) is 19.4. The van der Waals surface area contributed by atoms with E-state index < -0.39 is 10.0 Å². The summed E-state index contributed by atoms with van der Waals surface area (Å²) in [4.78, 5) is 13.6. The third kappa shape index (κ3) is 4.87. The number of anilines is 1. The summed E-state index contributed by atoms with van der Waals surface area (Å²) in [5, 5.41) is 0. The molecule has 1 aliphatic heterocycles. The van der Waals surface area contributed by atoms with E-state index in [1.165, 1.54) is 12.1 Å². The first-order valence-corrected chi connectivity index (χ1v) is 10.4. The topological polar surface area (TPSA) is 75.7 Å². The third-order valence-electron chi connectivity index (χ3n) is 4.39. The molecule has 1 N–H and O–H groups in total. The number of sulfonamides is 1. The highest BCUT2D eigenvalue weighted by atomic mass is 32.2. The predicted molar refractivity (Wildman–Crippen MR) is 105 cm³/mol. The van der Waals surface area contributed by atoms with Crippen LogP contribution in [0.1, 0.15) is 24.0 Å². The second kappa shape index (κ2) is 8.10. The van der Waals surface area contributed by atoms with Crippen molar-refractivity contribution in [2.24, 2.45) is 0 Å². The van der Waals surface area contributed by atoms with Crippen LogP contribution in [-0.2, 0) is 14.8 Å².